The predicted molar refractivity (Wildman–Crippen MR) is 138 cm³/mol. The summed E-state index contributed by atoms with van der Waals surface area (Å²) < 4.78 is 56.8. The third-order valence-corrected chi connectivity index (χ3v) is 9.96. The van der Waals surface area contributed by atoms with E-state index in [-0.39, 0.29) is 21.8 Å². The number of nitrogens with zero attached hydrogens (tertiary/aromatic N) is 3. The Morgan fingerprint density at radius 2 is 1.92 bits per heavy atom. The maximum absolute atomic E-state index is 15.4. The van der Waals surface area contributed by atoms with Crippen LogP contribution in [-0.2, 0) is 10.0 Å². The highest BCUT2D eigenvalue weighted by atomic mass is 35.5. The van der Waals surface area contributed by atoms with Crippen LogP contribution in [0.2, 0.25) is 5.02 Å². The van der Waals surface area contributed by atoms with Gasteiger partial charge in [-0.25, -0.2) is 17.8 Å². The molecule has 3 fully saturated rings. The van der Waals surface area contributed by atoms with Crippen LogP contribution in [0, 0.1) is 29.5 Å². The van der Waals surface area contributed by atoms with Crippen LogP contribution in [0.4, 0.5) is 20.3 Å². The van der Waals surface area contributed by atoms with Gasteiger partial charge >= 0.3 is 0 Å². The number of halogens is 3. The fourth-order valence-electron chi connectivity index (χ4n) is 6.35. The summed E-state index contributed by atoms with van der Waals surface area (Å²) in [5, 5.41) is -0.211. The summed E-state index contributed by atoms with van der Waals surface area (Å²) in [6.45, 7) is 10.1. The van der Waals surface area contributed by atoms with Crippen LogP contribution in [0.3, 0.4) is 0 Å². The van der Waals surface area contributed by atoms with E-state index in [0.29, 0.717) is 17.1 Å². The molecule has 2 saturated heterocycles. The van der Waals surface area contributed by atoms with Crippen molar-refractivity contribution < 1.29 is 17.2 Å². The average molecular weight is 539 g/mol. The number of pyridine rings is 1. The lowest BCUT2D eigenvalue weighted by molar-refractivity contribution is 0.0598. The van der Waals surface area contributed by atoms with Gasteiger partial charge < -0.3 is 4.90 Å². The van der Waals surface area contributed by atoms with Crippen molar-refractivity contribution in [1.29, 1.82) is 0 Å². The van der Waals surface area contributed by atoms with Crippen molar-refractivity contribution in [2.45, 2.75) is 63.8 Å². The second kappa shape index (κ2) is 9.10. The average Bonchev–Trinajstić information content (AvgIpc) is 3.14. The quantitative estimate of drug-likeness (QED) is 0.502. The number of aryl methyl sites for hydroxylation is 1. The zero-order valence-electron chi connectivity index (χ0n) is 21.0. The first-order valence-corrected chi connectivity index (χ1v) is 14.4. The van der Waals surface area contributed by atoms with Gasteiger partial charge in [-0.3, -0.25) is 9.62 Å². The molecule has 1 spiro atoms. The number of rotatable bonds is 5. The molecule has 1 aromatic carbocycles. The second-order valence-electron chi connectivity index (χ2n) is 11.6. The Kier molecular flexibility index (Phi) is 6.49. The van der Waals surface area contributed by atoms with Crippen LogP contribution in [0.5, 0.6) is 0 Å². The van der Waals surface area contributed by atoms with Gasteiger partial charge in [0.2, 0.25) is 5.95 Å². The molecular formula is C26H33ClF2N4O2S. The first-order chi connectivity index (χ1) is 16.9. The number of nitrogens with one attached hydrogen (secondary N) is 1. The van der Waals surface area contributed by atoms with Crippen molar-refractivity contribution in [3.63, 3.8) is 0 Å². The van der Waals surface area contributed by atoms with Crippen molar-refractivity contribution in [2.24, 2.45) is 10.8 Å². The van der Waals surface area contributed by atoms with Gasteiger partial charge in [-0.05, 0) is 68.3 Å². The Balaban J connectivity index is 1.32. The molecule has 6 nitrogen and oxygen atoms in total. The number of aromatic nitrogens is 1. The van der Waals surface area contributed by atoms with Crippen molar-refractivity contribution in [3.05, 3.63) is 46.6 Å². The summed E-state index contributed by atoms with van der Waals surface area (Å²) in [6, 6.07) is 5.93. The molecule has 3 heterocycles. The maximum atomic E-state index is 15.4. The van der Waals surface area contributed by atoms with E-state index in [9.17, 15) is 12.8 Å². The van der Waals surface area contributed by atoms with Gasteiger partial charge in [0.15, 0.2) is 5.82 Å². The molecular weight excluding hydrogens is 506 g/mol. The molecule has 10 heteroatoms. The standard InChI is InChI=1S/C26H33ClF2N4O2S/c1-17-12-19(22(27)23(29)24(17)36(34,35)31-21-8-4-7-20(28)30-21)33-15-26(16-33)9-5-6-18(13-26)32-11-10-25(2,3)14-32/h4,7-8,12,18H,5-6,9-11,13-16H2,1-3H3,(H,30,31)/t18-/m0/s1. The Morgan fingerprint density at radius 3 is 2.58 bits per heavy atom. The van der Waals surface area contributed by atoms with Gasteiger partial charge in [-0.15, -0.1) is 0 Å². The lowest BCUT2D eigenvalue weighted by Gasteiger charge is -2.56. The minimum absolute atomic E-state index is 0.193. The highest BCUT2D eigenvalue weighted by Crippen LogP contribution is 2.49. The van der Waals surface area contributed by atoms with E-state index in [1.54, 1.807) is 6.07 Å². The molecule has 1 aliphatic carbocycles. The Morgan fingerprint density at radius 1 is 1.17 bits per heavy atom. The predicted octanol–water partition coefficient (Wildman–Crippen LogP) is 5.60. The third kappa shape index (κ3) is 4.82. The van der Waals surface area contributed by atoms with Gasteiger partial charge in [0.25, 0.3) is 10.0 Å². The van der Waals surface area contributed by atoms with Gasteiger partial charge in [0.05, 0.1) is 5.69 Å². The Labute approximate surface area is 217 Å². The maximum Gasteiger partial charge on any atom is 0.266 e. The SMILES string of the molecule is Cc1cc(N2CC3(CCC[C@H](N4CCC(C)(C)C4)C3)C2)c(Cl)c(F)c1S(=O)(=O)Nc1cccc(F)n1. The van der Waals surface area contributed by atoms with E-state index >= 15 is 4.39 Å². The zero-order valence-corrected chi connectivity index (χ0v) is 22.5. The molecule has 2 aliphatic heterocycles. The largest absolute Gasteiger partial charge is 0.369 e. The van der Waals surface area contributed by atoms with E-state index < -0.39 is 26.7 Å². The first-order valence-electron chi connectivity index (χ1n) is 12.5. The Hall–Kier alpha value is -1.97. The highest BCUT2D eigenvalue weighted by molar-refractivity contribution is 7.92. The van der Waals surface area contributed by atoms with Gasteiger partial charge in [-0.1, -0.05) is 37.9 Å². The molecule has 0 unspecified atom stereocenters. The van der Waals surface area contributed by atoms with Crippen molar-refractivity contribution >= 4 is 33.1 Å². The highest BCUT2D eigenvalue weighted by Gasteiger charge is 2.49. The van der Waals surface area contributed by atoms with Gasteiger partial charge in [0.1, 0.15) is 15.7 Å². The Bertz CT molecular complexity index is 1280. The number of sulfonamides is 1. The number of likely N-dealkylation sites (tertiary alicyclic amines) is 1. The summed E-state index contributed by atoms with van der Waals surface area (Å²) in [5.74, 6) is -2.07. The van der Waals surface area contributed by atoms with Crippen LogP contribution >= 0.6 is 11.6 Å². The monoisotopic (exact) mass is 538 g/mol. The minimum Gasteiger partial charge on any atom is -0.369 e. The smallest absolute Gasteiger partial charge is 0.266 e. The molecule has 5 rings (SSSR count). The minimum atomic E-state index is -4.36. The third-order valence-electron chi connectivity index (χ3n) is 8.08. The van der Waals surface area contributed by atoms with Crippen LogP contribution in [0.25, 0.3) is 0 Å². The fourth-order valence-corrected chi connectivity index (χ4v) is 7.98. The molecule has 1 saturated carbocycles. The fraction of sp³-hybridized carbons (Fsp3) is 0.577. The zero-order chi connectivity index (χ0) is 25.9. The van der Waals surface area contributed by atoms with Crippen LogP contribution < -0.4 is 9.62 Å². The molecule has 36 heavy (non-hydrogen) atoms. The molecule has 1 aromatic heterocycles. The summed E-state index contributed by atoms with van der Waals surface area (Å²) in [5.41, 5.74) is 1.32. The lowest BCUT2D eigenvalue weighted by atomic mass is 9.66. The second-order valence-corrected chi connectivity index (χ2v) is 13.6. The van der Waals surface area contributed by atoms with E-state index in [1.807, 2.05) is 0 Å². The van der Waals surface area contributed by atoms with Crippen LogP contribution in [0.1, 0.15) is 51.5 Å². The molecule has 2 aromatic rings. The van der Waals surface area contributed by atoms with E-state index in [4.69, 9.17) is 11.6 Å². The molecule has 196 valence electrons. The summed E-state index contributed by atoms with van der Waals surface area (Å²) in [6.07, 6.45) is 5.93. The molecule has 1 atom stereocenters. The molecule has 3 aliphatic rings. The van der Waals surface area contributed by atoms with Crippen LogP contribution in [-0.4, -0.2) is 50.5 Å². The van der Waals surface area contributed by atoms with Crippen molar-refractivity contribution in [3.8, 4) is 0 Å². The van der Waals surface area contributed by atoms with Crippen LogP contribution in [0.15, 0.2) is 29.2 Å². The number of hydrogen-bond acceptors (Lipinski definition) is 5. The van der Waals surface area contributed by atoms with Crippen molar-refractivity contribution in [1.82, 2.24) is 9.88 Å². The number of anilines is 2. The van der Waals surface area contributed by atoms with Crippen molar-refractivity contribution in [2.75, 3.05) is 35.8 Å². The topological polar surface area (TPSA) is 65.5 Å². The molecule has 0 bridgehead atoms. The van der Waals surface area contributed by atoms with E-state index in [1.165, 1.54) is 38.3 Å². The lowest BCUT2D eigenvalue weighted by Crippen LogP contribution is -2.60. The van der Waals surface area contributed by atoms with Gasteiger partial charge in [-0.2, -0.15) is 4.39 Å². The summed E-state index contributed by atoms with van der Waals surface area (Å²) in [7, 11) is -4.36. The molecule has 0 radical (unpaired) electrons. The summed E-state index contributed by atoms with van der Waals surface area (Å²) >= 11 is 6.41. The van der Waals surface area contributed by atoms with Gasteiger partial charge in [0, 0.05) is 31.1 Å². The molecule has 0 amide bonds. The number of hydrogen-bond donors (Lipinski definition) is 1. The van der Waals surface area contributed by atoms with E-state index in [0.717, 1.165) is 45.1 Å². The normalized spacial score (nSPS) is 23.6. The molecule has 1 N–H and O–H groups in total. The summed E-state index contributed by atoms with van der Waals surface area (Å²) in [4.78, 5) is 7.67. The number of benzene rings is 1. The first kappa shape index (κ1) is 25.7. The van der Waals surface area contributed by atoms with E-state index in [2.05, 4.69) is 33.4 Å².